The predicted molar refractivity (Wildman–Crippen MR) is 104 cm³/mol. The molecule has 4 nitrogen and oxygen atoms in total. The minimum atomic E-state index is -0.531. The van der Waals surface area contributed by atoms with Crippen LogP contribution in [0.3, 0.4) is 0 Å². The average molecular weight is 367 g/mol. The van der Waals surface area contributed by atoms with Gasteiger partial charge in [0.05, 0.1) is 24.6 Å². The van der Waals surface area contributed by atoms with E-state index in [0.29, 0.717) is 35.1 Å². The first-order chi connectivity index (χ1) is 13.1. The Balaban J connectivity index is 1.82. The van der Waals surface area contributed by atoms with Crippen LogP contribution in [0.5, 0.6) is 11.5 Å². The second-order valence-corrected chi connectivity index (χ2v) is 7.09. The van der Waals surface area contributed by atoms with Gasteiger partial charge in [0.1, 0.15) is 17.3 Å². The minimum Gasteiger partial charge on any atom is -0.497 e. The summed E-state index contributed by atoms with van der Waals surface area (Å²) in [5.41, 5.74) is 1.33. The molecule has 2 aromatic carbocycles. The fourth-order valence-electron chi connectivity index (χ4n) is 3.52. The van der Waals surface area contributed by atoms with Crippen molar-refractivity contribution in [2.75, 3.05) is 13.7 Å². The standard InChI is InChI=1S/C22H22FNO3/c1-24-12-17(15-6-8-16(26-2)9-7-15)22(25)20-18(23)10-11-19(21(20)24)27-13-14-4-3-5-14/h6-12,14H,3-5,13H2,1-2H3. The van der Waals surface area contributed by atoms with Crippen molar-refractivity contribution in [3.8, 4) is 22.6 Å². The van der Waals surface area contributed by atoms with E-state index in [-0.39, 0.29) is 10.8 Å². The molecule has 0 radical (unpaired) electrons. The van der Waals surface area contributed by atoms with Crippen molar-refractivity contribution >= 4 is 10.9 Å². The largest absolute Gasteiger partial charge is 0.497 e. The van der Waals surface area contributed by atoms with Crippen LogP contribution in [0.4, 0.5) is 4.39 Å². The first kappa shape index (κ1) is 17.6. The third-order valence-corrected chi connectivity index (χ3v) is 5.34. The maximum absolute atomic E-state index is 14.6. The molecule has 0 spiro atoms. The number of aromatic nitrogens is 1. The number of benzene rings is 2. The molecule has 0 bridgehead atoms. The number of fused-ring (bicyclic) bond motifs is 1. The SMILES string of the molecule is COc1ccc(-c2cn(C)c3c(OCC4CCC4)ccc(F)c3c2=O)cc1. The van der Waals surface area contributed by atoms with Crippen molar-refractivity contribution in [2.45, 2.75) is 19.3 Å². The highest BCUT2D eigenvalue weighted by Gasteiger charge is 2.21. The fraction of sp³-hybridized carbons (Fsp3) is 0.318. The Labute approximate surface area is 157 Å². The molecular formula is C22H22FNO3. The number of hydrogen-bond donors (Lipinski definition) is 0. The van der Waals surface area contributed by atoms with E-state index in [4.69, 9.17) is 9.47 Å². The lowest BCUT2D eigenvalue weighted by Crippen LogP contribution is -2.20. The highest BCUT2D eigenvalue weighted by molar-refractivity contribution is 5.89. The summed E-state index contributed by atoms with van der Waals surface area (Å²) in [5.74, 6) is 1.28. The highest BCUT2D eigenvalue weighted by Crippen LogP contribution is 2.31. The molecule has 0 amide bonds. The average Bonchev–Trinajstić information content (AvgIpc) is 2.64. The van der Waals surface area contributed by atoms with E-state index in [0.717, 1.165) is 5.56 Å². The van der Waals surface area contributed by atoms with Gasteiger partial charge < -0.3 is 14.0 Å². The molecule has 1 saturated carbocycles. The van der Waals surface area contributed by atoms with Crippen LogP contribution in [0.2, 0.25) is 0 Å². The van der Waals surface area contributed by atoms with Gasteiger partial charge in [-0.2, -0.15) is 0 Å². The number of pyridine rings is 1. The van der Waals surface area contributed by atoms with Gasteiger partial charge in [0.2, 0.25) is 0 Å². The van der Waals surface area contributed by atoms with Crippen LogP contribution in [-0.2, 0) is 7.05 Å². The van der Waals surface area contributed by atoms with Crippen LogP contribution < -0.4 is 14.9 Å². The molecule has 1 aliphatic carbocycles. The number of ether oxygens (including phenoxy) is 2. The van der Waals surface area contributed by atoms with Crippen LogP contribution in [0.15, 0.2) is 47.4 Å². The lowest BCUT2D eigenvalue weighted by atomic mass is 9.86. The number of aryl methyl sites for hydroxylation is 1. The van der Waals surface area contributed by atoms with Crippen molar-refractivity contribution in [1.29, 1.82) is 0 Å². The zero-order valence-electron chi connectivity index (χ0n) is 15.5. The van der Waals surface area contributed by atoms with E-state index >= 15 is 0 Å². The van der Waals surface area contributed by atoms with Crippen LogP contribution in [0.1, 0.15) is 19.3 Å². The molecule has 1 aromatic heterocycles. The molecule has 1 heterocycles. The third-order valence-electron chi connectivity index (χ3n) is 5.34. The maximum Gasteiger partial charge on any atom is 0.200 e. The summed E-state index contributed by atoms with van der Waals surface area (Å²) in [6.07, 6.45) is 5.31. The molecule has 4 rings (SSSR count). The van der Waals surface area contributed by atoms with E-state index < -0.39 is 5.82 Å². The molecule has 0 atom stereocenters. The number of rotatable bonds is 5. The molecule has 1 fully saturated rings. The van der Waals surface area contributed by atoms with Crippen LogP contribution in [-0.4, -0.2) is 18.3 Å². The smallest absolute Gasteiger partial charge is 0.200 e. The second-order valence-electron chi connectivity index (χ2n) is 7.09. The molecule has 140 valence electrons. The zero-order chi connectivity index (χ0) is 19.0. The first-order valence-corrected chi connectivity index (χ1v) is 9.17. The number of nitrogens with zero attached hydrogens (tertiary/aromatic N) is 1. The molecule has 5 heteroatoms. The van der Waals surface area contributed by atoms with Gasteiger partial charge in [-0.15, -0.1) is 0 Å². The molecule has 27 heavy (non-hydrogen) atoms. The molecule has 0 saturated heterocycles. The van der Waals surface area contributed by atoms with Crippen molar-refractivity contribution in [3.63, 3.8) is 0 Å². The first-order valence-electron chi connectivity index (χ1n) is 9.17. The summed E-state index contributed by atoms with van der Waals surface area (Å²) in [6, 6.07) is 10.1. The Hall–Kier alpha value is -2.82. The Morgan fingerprint density at radius 1 is 1.15 bits per heavy atom. The highest BCUT2D eigenvalue weighted by atomic mass is 19.1. The van der Waals surface area contributed by atoms with Crippen molar-refractivity contribution in [1.82, 2.24) is 4.57 Å². The van der Waals surface area contributed by atoms with Gasteiger partial charge in [-0.25, -0.2) is 4.39 Å². The molecule has 0 N–H and O–H groups in total. The summed E-state index contributed by atoms with van der Waals surface area (Å²) in [6.45, 7) is 0.606. The second kappa shape index (κ2) is 7.06. The van der Waals surface area contributed by atoms with Crippen molar-refractivity contribution in [2.24, 2.45) is 13.0 Å². The van der Waals surface area contributed by atoms with E-state index in [1.54, 1.807) is 48.2 Å². The molecule has 3 aromatic rings. The van der Waals surface area contributed by atoms with Crippen molar-refractivity contribution in [3.05, 3.63) is 58.6 Å². The van der Waals surface area contributed by atoms with Crippen LogP contribution >= 0.6 is 0 Å². The lowest BCUT2D eigenvalue weighted by molar-refractivity contribution is 0.181. The van der Waals surface area contributed by atoms with E-state index in [1.807, 2.05) is 7.05 Å². The third kappa shape index (κ3) is 3.18. The molecular weight excluding hydrogens is 345 g/mol. The maximum atomic E-state index is 14.6. The van der Waals surface area contributed by atoms with Gasteiger partial charge in [-0.1, -0.05) is 18.6 Å². The van der Waals surface area contributed by atoms with E-state index in [1.165, 1.54) is 25.3 Å². The minimum absolute atomic E-state index is 0.0666. The Kier molecular flexibility index (Phi) is 4.60. The van der Waals surface area contributed by atoms with E-state index in [9.17, 15) is 9.18 Å². The number of hydrogen-bond acceptors (Lipinski definition) is 3. The molecule has 1 aliphatic rings. The van der Waals surface area contributed by atoms with Gasteiger partial charge in [0.15, 0.2) is 5.43 Å². The Morgan fingerprint density at radius 2 is 1.89 bits per heavy atom. The Morgan fingerprint density at radius 3 is 2.52 bits per heavy atom. The monoisotopic (exact) mass is 367 g/mol. The Bertz CT molecular complexity index is 1040. The summed E-state index contributed by atoms with van der Waals surface area (Å²) in [4.78, 5) is 13.1. The molecule has 0 unspecified atom stereocenters. The molecule has 0 aliphatic heterocycles. The summed E-state index contributed by atoms with van der Waals surface area (Å²) in [5, 5.41) is 0.0666. The van der Waals surface area contributed by atoms with Gasteiger partial charge in [-0.05, 0) is 48.6 Å². The van der Waals surface area contributed by atoms with Gasteiger partial charge in [0, 0.05) is 18.8 Å². The predicted octanol–water partition coefficient (Wildman–Crippen LogP) is 4.53. The van der Waals surface area contributed by atoms with Gasteiger partial charge >= 0.3 is 0 Å². The quantitative estimate of drug-likeness (QED) is 0.665. The summed E-state index contributed by atoms with van der Waals surface area (Å²) in [7, 11) is 3.40. The fourth-order valence-corrected chi connectivity index (χ4v) is 3.52. The normalized spacial score (nSPS) is 14.2. The summed E-state index contributed by atoms with van der Waals surface area (Å²) < 4.78 is 27.5. The van der Waals surface area contributed by atoms with Crippen LogP contribution in [0.25, 0.3) is 22.0 Å². The van der Waals surface area contributed by atoms with Crippen molar-refractivity contribution < 1.29 is 13.9 Å². The zero-order valence-corrected chi connectivity index (χ0v) is 15.5. The summed E-state index contributed by atoms with van der Waals surface area (Å²) >= 11 is 0. The van der Waals surface area contributed by atoms with Crippen LogP contribution in [0, 0.1) is 11.7 Å². The topological polar surface area (TPSA) is 40.5 Å². The van der Waals surface area contributed by atoms with E-state index in [2.05, 4.69) is 0 Å². The number of halogens is 1. The number of methoxy groups -OCH3 is 1. The van der Waals surface area contributed by atoms with Gasteiger partial charge in [0.25, 0.3) is 0 Å². The lowest BCUT2D eigenvalue weighted by Gasteiger charge is -2.25. The van der Waals surface area contributed by atoms with Gasteiger partial charge in [-0.3, -0.25) is 4.79 Å².